The summed E-state index contributed by atoms with van der Waals surface area (Å²) in [5.41, 5.74) is 0. The van der Waals surface area contributed by atoms with Crippen LogP contribution in [0.3, 0.4) is 0 Å². The van der Waals surface area contributed by atoms with E-state index in [1.807, 2.05) is 20.8 Å². The van der Waals surface area contributed by atoms with Gasteiger partial charge in [0.15, 0.2) is 0 Å². The molecule has 1 heterocycles. The highest BCUT2D eigenvalue weighted by atomic mass is 32.1. The predicted octanol–water partition coefficient (Wildman–Crippen LogP) is 2.72. The van der Waals surface area contributed by atoms with Gasteiger partial charge in [0.2, 0.25) is 5.13 Å². The van der Waals surface area contributed by atoms with Crippen LogP contribution in [0.15, 0.2) is 0 Å². The lowest BCUT2D eigenvalue weighted by Gasteiger charge is -2.12. The van der Waals surface area contributed by atoms with Gasteiger partial charge in [-0.15, -0.1) is 0 Å². The summed E-state index contributed by atoms with van der Waals surface area (Å²) in [4.78, 5) is 15.3. The minimum absolute atomic E-state index is 0.265. The number of carbonyl (C=O) groups is 1. The summed E-state index contributed by atoms with van der Waals surface area (Å²) >= 11 is 1.22. The van der Waals surface area contributed by atoms with Crippen LogP contribution >= 0.6 is 11.5 Å². The maximum absolute atomic E-state index is 11.0. The molecule has 0 bridgehead atoms. The van der Waals surface area contributed by atoms with Crippen LogP contribution in [0.5, 0.6) is 0 Å². The van der Waals surface area contributed by atoms with Gasteiger partial charge in [-0.2, -0.15) is 4.37 Å². The van der Waals surface area contributed by atoms with E-state index in [1.165, 1.54) is 11.5 Å². The lowest BCUT2D eigenvalue weighted by molar-refractivity contribution is -0.138. The number of aromatic nitrogens is 2. The first-order valence-electron chi connectivity index (χ1n) is 5.87. The fourth-order valence-electron chi connectivity index (χ4n) is 1.34. The fraction of sp³-hybridized carbons (Fsp3) is 0.727. The molecule has 0 saturated carbocycles. The third-order valence-corrected chi connectivity index (χ3v) is 3.06. The van der Waals surface area contributed by atoms with Crippen molar-refractivity contribution in [2.24, 2.45) is 0 Å². The Balaban J connectivity index is 2.62. The number of rotatable bonds is 7. The number of nitrogens with one attached hydrogen (secondary N) is 1. The quantitative estimate of drug-likeness (QED) is 0.785. The van der Waals surface area contributed by atoms with E-state index in [9.17, 15) is 4.79 Å². The van der Waals surface area contributed by atoms with Gasteiger partial charge in [-0.05, 0) is 6.42 Å². The van der Waals surface area contributed by atoms with Crippen molar-refractivity contribution in [1.29, 1.82) is 0 Å². The summed E-state index contributed by atoms with van der Waals surface area (Å²) in [6.07, 6.45) is 2.49. The lowest BCUT2D eigenvalue weighted by atomic mass is 10.1. The second-order valence-electron chi connectivity index (χ2n) is 4.29. The Morgan fingerprint density at radius 3 is 2.71 bits per heavy atom. The number of aliphatic carboxylic acids is 1. The monoisotopic (exact) mass is 257 g/mol. The predicted molar refractivity (Wildman–Crippen MR) is 68.6 cm³/mol. The van der Waals surface area contributed by atoms with E-state index in [0.717, 1.165) is 18.7 Å². The van der Waals surface area contributed by atoms with Crippen molar-refractivity contribution in [1.82, 2.24) is 9.36 Å². The highest BCUT2D eigenvalue weighted by molar-refractivity contribution is 7.09. The smallest absolute Gasteiger partial charge is 0.326 e. The molecule has 0 aliphatic heterocycles. The molecule has 0 saturated heterocycles. The van der Waals surface area contributed by atoms with Crippen molar-refractivity contribution in [3.05, 3.63) is 5.82 Å². The largest absolute Gasteiger partial charge is 0.480 e. The molecular weight excluding hydrogens is 238 g/mol. The van der Waals surface area contributed by atoms with Crippen LogP contribution in [0.2, 0.25) is 0 Å². The minimum atomic E-state index is -0.834. The van der Waals surface area contributed by atoms with Gasteiger partial charge < -0.3 is 10.4 Å². The Morgan fingerprint density at radius 1 is 1.53 bits per heavy atom. The SMILES string of the molecule is CCCCC(Nc1nc(C(C)C)ns1)C(=O)O. The van der Waals surface area contributed by atoms with Gasteiger partial charge in [0.25, 0.3) is 0 Å². The summed E-state index contributed by atoms with van der Waals surface area (Å²) in [5.74, 6) is 0.192. The van der Waals surface area contributed by atoms with Crippen molar-refractivity contribution in [2.45, 2.75) is 52.0 Å². The van der Waals surface area contributed by atoms with Gasteiger partial charge in [-0.1, -0.05) is 33.6 Å². The highest BCUT2D eigenvalue weighted by Crippen LogP contribution is 2.19. The van der Waals surface area contributed by atoms with Crippen LogP contribution in [0.1, 0.15) is 51.8 Å². The molecule has 6 heteroatoms. The van der Waals surface area contributed by atoms with Crippen molar-refractivity contribution in [3.8, 4) is 0 Å². The number of hydrogen-bond acceptors (Lipinski definition) is 5. The summed E-state index contributed by atoms with van der Waals surface area (Å²) in [5, 5.41) is 12.6. The molecule has 1 aromatic rings. The zero-order chi connectivity index (χ0) is 12.8. The van der Waals surface area contributed by atoms with E-state index in [4.69, 9.17) is 5.11 Å². The number of unbranched alkanes of at least 4 members (excludes halogenated alkanes) is 1. The van der Waals surface area contributed by atoms with E-state index < -0.39 is 12.0 Å². The molecule has 0 radical (unpaired) electrons. The molecule has 0 aliphatic rings. The normalized spacial score (nSPS) is 12.7. The van der Waals surface area contributed by atoms with Crippen LogP contribution in [0.25, 0.3) is 0 Å². The average molecular weight is 257 g/mol. The number of hydrogen-bond donors (Lipinski definition) is 2. The molecule has 0 amide bonds. The zero-order valence-corrected chi connectivity index (χ0v) is 11.3. The summed E-state index contributed by atoms with van der Waals surface area (Å²) in [6, 6.07) is -0.567. The standard InChI is InChI=1S/C11H19N3O2S/c1-4-5-6-8(10(15)16)12-11-13-9(7(2)3)14-17-11/h7-8H,4-6H2,1-3H3,(H,15,16)(H,12,13,14). The lowest BCUT2D eigenvalue weighted by Crippen LogP contribution is -2.29. The first kappa shape index (κ1) is 13.9. The van der Waals surface area contributed by atoms with Crippen molar-refractivity contribution < 1.29 is 9.90 Å². The molecule has 0 fully saturated rings. The molecule has 1 aromatic heterocycles. The van der Waals surface area contributed by atoms with Gasteiger partial charge in [0.05, 0.1) is 0 Å². The van der Waals surface area contributed by atoms with E-state index in [1.54, 1.807) is 0 Å². The van der Waals surface area contributed by atoms with Crippen LogP contribution in [0, 0.1) is 0 Å². The Hall–Kier alpha value is -1.17. The van der Waals surface area contributed by atoms with Gasteiger partial charge in [0.1, 0.15) is 11.9 Å². The highest BCUT2D eigenvalue weighted by Gasteiger charge is 2.18. The Kier molecular flexibility index (Phi) is 5.34. The third-order valence-electron chi connectivity index (χ3n) is 2.40. The molecular formula is C11H19N3O2S. The molecule has 0 aliphatic carbocycles. The average Bonchev–Trinajstić information content (AvgIpc) is 2.72. The van der Waals surface area contributed by atoms with Crippen molar-refractivity contribution in [2.75, 3.05) is 5.32 Å². The van der Waals surface area contributed by atoms with Crippen LogP contribution in [0.4, 0.5) is 5.13 Å². The van der Waals surface area contributed by atoms with Gasteiger partial charge in [-0.3, -0.25) is 0 Å². The topological polar surface area (TPSA) is 75.1 Å². The van der Waals surface area contributed by atoms with Crippen LogP contribution in [-0.4, -0.2) is 26.5 Å². The molecule has 1 atom stereocenters. The van der Waals surface area contributed by atoms with Crippen molar-refractivity contribution >= 4 is 22.6 Å². The van der Waals surface area contributed by atoms with Gasteiger partial charge >= 0.3 is 5.97 Å². The van der Waals surface area contributed by atoms with Gasteiger partial charge in [-0.25, -0.2) is 9.78 Å². The molecule has 17 heavy (non-hydrogen) atoms. The number of nitrogens with zero attached hydrogens (tertiary/aromatic N) is 2. The molecule has 1 rings (SSSR count). The van der Waals surface area contributed by atoms with E-state index in [-0.39, 0.29) is 5.92 Å². The third kappa shape index (κ3) is 4.30. The Morgan fingerprint density at radius 2 is 2.24 bits per heavy atom. The van der Waals surface area contributed by atoms with E-state index in [0.29, 0.717) is 11.6 Å². The first-order chi connectivity index (χ1) is 8.04. The Labute approximate surface area is 105 Å². The van der Waals surface area contributed by atoms with Crippen LogP contribution in [-0.2, 0) is 4.79 Å². The summed E-state index contributed by atoms with van der Waals surface area (Å²) < 4.78 is 4.18. The fourth-order valence-corrected chi connectivity index (χ4v) is 2.10. The first-order valence-corrected chi connectivity index (χ1v) is 6.64. The second-order valence-corrected chi connectivity index (χ2v) is 5.04. The Bertz CT molecular complexity index is 365. The van der Waals surface area contributed by atoms with Gasteiger partial charge in [0, 0.05) is 17.5 Å². The number of anilines is 1. The maximum Gasteiger partial charge on any atom is 0.326 e. The van der Waals surface area contributed by atoms with E-state index in [2.05, 4.69) is 14.7 Å². The molecule has 1 unspecified atom stereocenters. The molecule has 0 aromatic carbocycles. The number of carboxylic acid groups (broad SMARTS) is 1. The molecule has 96 valence electrons. The summed E-state index contributed by atoms with van der Waals surface area (Å²) in [7, 11) is 0. The van der Waals surface area contributed by atoms with Crippen molar-refractivity contribution in [3.63, 3.8) is 0 Å². The maximum atomic E-state index is 11.0. The zero-order valence-electron chi connectivity index (χ0n) is 10.4. The second kappa shape index (κ2) is 6.54. The molecule has 2 N–H and O–H groups in total. The molecule has 5 nitrogen and oxygen atoms in total. The van der Waals surface area contributed by atoms with E-state index >= 15 is 0 Å². The number of carboxylic acids is 1. The van der Waals surface area contributed by atoms with Crippen LogP contribution < -0.4 is 5.32 Å². The minimum Gasteiger partial charge on any atom is -0.480 e. The molecule has 0 spiro atoms. The summed E-state index contributed by atoms with van der Waals surface area (Å²) in [6.45, 7) is 6.07.